The average molecular weight is 425 g/mol. The number of hydrogen-bond acceptors (Lipinski definition) is 3. The van der Waals surface area contributed by atoms with Crippen LogP contribution in [0.25, 0.3) is 0 Å². The summed E-state index contributed by atoms with van der Waals surface area (Å²) >= 11 is 3.62. The number of ether oxygens (including phenoxy) is 3. The molecule has 1 aliphatic rings. The molecule has 0 bridgehead atoms. The molecule has 0 radical (unpaired) electrons. The molecular weight excluding hydrogens is 404 g/mol. The molecule has 1 heterocycles. The van der Waals surface area contributed by atoms with E-state index in [4.69, 9.17) is 14.2 Å². The minimum atomic E-state index is -0.00307. The third kappa shape index (κ3) is 3.54. The summed E-state index contributed by atoms with van der Waals surface area (Å²) in [7, 11) is 3.36. The summed E-state index contributed by atoms with van der Waals surface area (Å²) < 4.78 is 18.1. The zero-order valence-electron chi connectivity index (χ0n) is 15.3. The maximum absolute atomic E-state index is 6.39. The van der Waals surface area contributed by atoms with E-state index < -0.39 is 0 Å². The fourth-order valence-electron chi connectivity index (χ4n) is 3.65. The van der Waals surface area contributed by atoms with Crippen molar-refractivity contribution in [1.29, 1.82) is 0 Å². The average Bonchev–Trinajstić information content (AvgIpc) is 2.73. The molecule has 3 nitrogen and oxygen atoms in total. The lowest BCUT2D eigenvalue weighted by Gasteiger charge is -2.33. The predicted octanol–water partition coefficient (Wildman–Crippen LogP) is 6.12. The number of fused-ring (bicyclic) bond motifs is 1. The molecule has 4 rings (SSSR count). The fourth-order valence-corrected chi connectivity index (χ4v) is 4.17. The largest absolute Gasteiger partial charge is 0.497 e. The quantitative estimate of drug-likeness (QED) is 0.504. The Labute approximate surface area is 168 Å². The molecule has 0 saturated carbocycles. The van der Waals surface area contributed by atoms with Gasteiger partial charge in [-0.15, -0.1) is 0 Å². The first-order chi connectivity index (χ1) is 13.2. The van der Waals surface area contributed by atoms with E-state index in [0.29, 0.717) is 0 Å². The molecule has 0 saturated heterocycles. The van der Waals surface area contributed by atoms with Crippen molar-refractivity contribution in [3.8, 4) is 17.2 Å². The van der Waals surface area contributed by atoms with Crippen LogP contribution < -0.4 is 14.2 Å². The molecular formula is C23H21BrO3. The number of hydrogen-bond donors (Lipinski definition) is 0. The smallest absolute Gasteiger partial charge is 0.136 e. The van der Waals surface area contributed by atoms with Gasteiger partial charge in [0.05, 0.1) is 18.7 Å². The normalized spacial score (nSPS) is 18.3. The zero-order chi connectivity index (χ0) is 18.8. The lowest BCUT2D eigenvalue weighted by Crippen LogP contribution is -2.20. The standard InChI is InChI=1S/C23H21BrO3/c1-25-17-10-8-15(9-11-17)18-13-21(16-6-4-3-5-7-16)27-22-14-23(26-2)20(24)12-19(18)22/h3-12,14,18,21H,13H2,1-2H3/t18-,21+/m0/s1. The Morgan fingerprint density at radius 3 is 2.30 bits per heavy atom. The van der Waals surface area contributed by atoms with Crippen molar-refractivity contribution in [2.45, 2.75) is 18.4 Å². The van der Waals surface area contributed by atoms with Gasteiger partial charge in [-0.3, -0.25) is 0 Å². The van der Waals surface area contributed by atoms with E-state index in [9.17, 15) is 0 Å². The van der Waals surface area contributed by atoms with Crippen molar-refractivity contribution in [2.75, 3.05) is 14.2 Å². The zero-order valence-corrected chi connectivity index (χ0v) is 16.9. The molecule has 0 unspecified atom stereocenters. The molecule has 1 aliphatic heterocycles. The molecule has 3 aromatic carbocycles. The first-order valence-corrected chi connectivity index (χ1v) is 9.72. The van der Waals surface area contributed by atoms with Gasteiger partial charge in [0.1, 0.15) is 23.4 Å². The van der Waals surface area contributed by atoms with Crippen LogP contribution in [-0.4, -0.2) is 14.2 Å². The summed E-state index contributed by atoms with van der Waals surface area (Å²) in [6, 6.07) is 22.8. The molecule has 2 atom stereocenters. The first kappa shape index (κ1) is 17.9. The number of halogens is 1. The van der Waals surface area contributed by atoms with Crippen LogP contribution >= 0.6 is 15.9 Å². The second kappa shape index (κ2) is 7.65. The molecule has 0 N–H and O–H groups in total. The van der Waals surface area contributed by atoms with Crippen LogP contribution in [0.3, 0.4) is 0 Å². The molecule has 0 aromatic heterocycles. The van der Waals surface area contributed by atoms with E-state index in [0.717, 1.165) is 28.1 Å². The van der Waals surface area contributed by atoms with Crippen LogP contribution in [0.4, 0.5) is 0 Å². The highest BCUT2D eigenvalue weighted by molar-refractivity contribution is 9.10. The summed E-state index contributed by atoms with van der Waals surface area (Å²) in [6.07, 6.45) is 0.874. The molecule has 27 heavy (non-hydrogen) atoms. The number of benzene rings is 3. The number of rotatable bonds is 4. The Bertz CT molecular complexity index is 922. The second-order valence-corrected chi connectivity index (χ2v) is 7.46. The minimum Gasteiger partial charge on any atom is -0.497 e. The van der Waals surface area contributed by atoms with Crippen molar-refractivity contribution in [1.82, 2.24) is 0 Å². The molecule has 3 aromatic rings. The Kier molecular flexibility index (Phi) is 5.08. The van der Waals surface area contributed by atoms with Crippen molar-refractivity contribution in [3.63, 3.8) is 0 Å². The van der Waals surface area contributed by atoms with Gasteiger partial charge in [0.25, 0.3) is 0 Å². The van der Waals surface area contributed by atoms with Gasteiger partial charge in [0, 0.05) is 17.5 Å². The summed E-state index contributed by atoms with van der Waals surface area (Å²) in [5.74, 6) is 2.74. The van der Waals surface area contributed by atoms with Crippen LogP contribution in [0.1, 0.15) is 35.1 Å². The monoisotopic (exact) mass is 424 g/mol. The Morgan fingerprint density at radius 1 is 0.889 bits per heavy atom. The molecule has 4 heteroatoms. The third-order valence-electron chi connectivity index (χ3n) is 5.07. The van der Waals surface area contributed by atoms with Crippen LogP contribution in [0, 0.1) is 0 Å². The second-order valence-electron chi connectivity index (χ2n) is 6.60. The van der Waals surface area contributed by atoms with E-state index in [-0.39, 0.29) is 12.0 Å². The Balaban J connectivity index is 1.79. The van der Waals surface area contributed by atoms with E-state index in [2.05, 4.69) is 58.4 Å². The molecule has 0 spiro atoms. The van der Waals surface area contributed by atoms with E-state index in [1.165, 1.54) is 16.7 Å². The van der Waals surface area contributed by atoms with Crippen LogP contribution in [0.2, 0.25) is 0 Å². The van der Waals surface area contributed by atoms with Gasteiger partial charge in [-0.05, 0) is 51.7 Å². The van der Waals surface area contributed by atoms with Gasteiger partial charge in [0.15, 0.2) is 0 Å². The Hall–Kier alpha value is -2.46. The highest BCUT2D eigenvalue weighted by Gasteiger charge is 2.31. The lowest BCUT2D eigenvalue weighted by molar-refractivity contribution is 0.166. The van der Waals surface area contributed by atoms with Gasteiger partial charge in [-0.25, -0.2) is 0 Å². The molecule has 0 fully saturated rings. The minimum absolute atomic E-state index is 0.00307. The van der Waals surface area contributed by atoms with Gasteiger partial charge >= 0.3 is 0 Å². The molecule has 138 valence electrons. The third-order valence-corrected chi connectivity index (χ3v) is 5.69. The summed E-state index contributed by atoms with van der Waals surface area (Å²) in [5, 5.41) is 0. The molecule has 0 aliphatic carbocycles. The van der Waals surface area contributed by atoms with Crippen molar-refractivity contribution < 1.29 is 14.2 Å². The van der Waals surface area contributed by atoms with Gasteiger partial charge in [0.2, 0.25) is 0 Å². The summed E-state index contributed by atoms with van der Waals surface area (Å²) in [4.78, 5) is 0. The van der Waals surface area contributed by atoms with Gasteiger partial charge < -0.3 is 14.2 Å². The van der Waals surface area contributed by atoms with Gasteiger partial charge in [-0.1, -0.05) is 42.5 Å². The first-order valence-electron chi connectivity index (χ1n) is 8.92. The van der Waals surface area contributed by atoms with Crippen LogP contribution in [0.15, 0.2) is 71.2 Å². The highest BCUT2D eigenvalue weighted by Crippen LogP contribution is 2.48. The van der Waals surface area contributed by atoms with Crippen molar-refractivity contribution >= 4 is 15.9 Å². The lowest BCUT2D eigenvalue weighted by atomic mass is 9.82. The highest BCUT2D eigenvalue weighted by atomic mass is 79.9. The van der Waals surface area contributed by atoms with Crippen LogP contribution in [-0.2, 0) is 0 Å². The predicted molar refractivity (Wildman–Crippen MR) is 110 cm³/mol. The fraction of sp³-hybridized carbons (Fsp3) is 0.217. The van der Waals surface area contributed by atoms with Crippen LogP contribution in [0.5, 0.6) is 17.2 Å². The van der Waals surface area contributed by atoms with Gasteiger partial charge in [-0.2, -0.15) is 0 Å². The topological polar surface area (TPSA) is 27.7 Å². The maximum Gasteiger partial charge on any atom is 0.136 e. The Morgan fingerprint density at radius 2 is 1.63 bits per heavy atom. The van der Waals surface area contributed by atoms with E-state index in [1.54, 1.807) is 14.2 Å². The van der Waals surface area contributed by atoms with E-state index in [1.807, 2.05) is 24.3 Å². The number of methoxy groups -OCH3 is 2. The van der Waals surface area contributed by atoms with E-state index >= 15 is 0 Å². The summed E-state index contributed by atoms with van der Waals surface area (Å²) in [5.41, 5.74) is 3.60. The SMILES string of the molecule is COc1ccc([C@@H]2C[C@H](c3ccccc3)Oc3cc(OC)c(Br)cc32)cc1. The van der Waals surface area contributed by atoms with Crippen molar-refractivity contribution in [2.24, 2.45) is 0 Å². The van der Waals surface area contributed by atoms with Crippen molar-refractivity contribution in [3.05, 3.63) is 87.9 Å². The summed E-state index contributed by atoms with van der Waals surface area (Å²) in [6.45, 7) is 0. The maximum atomic E-state index is 6.39. The molecule has 0 amide bonds.